The molecule has 0 heterocycles. The summed E-state index contributed by atoms with van der Waals surface area (Å²) in [5.41, 5.74) is 21.2. The van der Waals surface area contributed by atoms with E-state index >= 15 is 0 Å². The first kappa shape index (κ1) is 37.3. The fraction of sp³-hybridized carbons (Fsp3) is 0.0968. The van der Waals surface area contributed by atoms with Gasteiger partial charge in [-0.25, -0.2) is 0 Å². The van der Waals surface area contributed by atoms with Crippen molar-refractivity contribution in [3.8, 4) is 22.3 Å². The largest absolute Gasteiger partial charge is 0.310 e. The van der Waals surface area contributed by atoms with E-state index in [4.69, 9.17) is 0 Å². The highest BCUT2D eigenvalue weighted by Crippen LogP contribution is 2.58. The summed E-state index contributed by atoms with van der Waals surface area (Å²) < 4.78 is 0. The van der Waals surface area contributed by atoms with Crippen LogP contribution in [0, 0.1) is 0 Å². The van der Waals surface area contributed by atoms with Crippen molar-refractivity contribution in [1.82, 2.24) is 0 Å². The van der Waals surface area contributed by atoms with Gasteiger partial charge in [-0.05, 0) is 114 Å². The molecule has 0 radical (unpaired) electrons. The standard InChI is InChI=1S/C62H47N/c1-61(2)56-28-16-14-26-52(56)54-38-35-48(40-58(54)61)63(47-33-30-43(31-34-47)51-37-32-42-18-12-13-25-50(42)60(51)44-19-6-3-7-20-44)49-36-39-55-53-27-15-17-29-57(53)62(59(55)41-49,45-21-8-4-9-22-45)46-23-10-5-11-24-46/h3-41,51,60H,1-2H3. The first-order chi connectivity index (χ1) is 31.0. The smallest absolute Gasteiger partial charge is 0.0714 e. The molecule has 0 spiro atoms. The second-order valence-corrected chi connectivity index (χ2v) is 18.0. The van der Waals surface area contributed by atoms with Crippen LogP contribution in [0.15, 0.2) is 231 Å². The number of nitrogens with zero attached hydrogens (tertiary/aromatic N) is 1. The van der Waals surface area contributed by atoms with Crippen LogP contribution in [0.25, 0.3) is 28.3 Å². The minimum atomic E-state index is -0.502. The lowest BCUT2D eigenvalue weighted by molar-refractivity contribution is 0.660. The molecule has 63 heavy (non-hydrogen) atoms. The van der Waals surface area contributed by atoms with Crippen molar-refractivity contribution in [2.45, 2.75) is 36.5 Å². The highest BCUT2D eigenvalue weighted by Gasteiger charge is 2.46. The molecule has 0 saturated heterocycles. The Morgan fingerprint density at radius 1 is 0.381 bits per heavy atom. The molecular weight excluding hydrogens is 759 g/mol. The molecule has 0 amide bonds. The normalized spacial score (nSPS) is 16.9. The quantitative estimate of drug-likeness (QED) is 0.155. The van der Waals surface area contributed by atoms with E-state index in [1.54, 1.807) is 0 Å². The lowest BCUT2D eigenvalue weighted by Crippen LogP contribution is -2.28. The van der Waals surface area contributed by atoms with Gasteiger partial charge in [0.05, 0.1) is 5.41 Å². The maximum absolute atomic E-state index is 2.49. The summed E-state index contributed by atoms with van der Waals surface area (Å²) in [6.45, 7) is 4.75. The Morgan fingerprint density at radius 3 is 1.54 bits per heavy atom. The van der Waals surface area contributed by atoms with Crippen molar-refractivity contribution in [2.24, 2.45) is 0 Å². The second kappa shape index (κ2) is 14.6. The predicted octanol–water partition coefficient (Wildman–Crippen LogP) is 15.8. The maximum atomic E-state index is 2.49. The number of benzene rings is 9. The number of anilines is 3. The summed E-state index contributed by atoms with van der Waals surface area (Å²) in [6.07, 6.45) is 4.73. The minimum Gasteiger partial charge on any atom is -0.310 e. The summed E-state index contributed by atoms with van der Waals surface area (Å²) in [5.74, 6) is 0.414. The Hall–Kier alpha value is -7.48. The van der Waals surface area contributed by atoms with Crippen LogP contribution in [0.2, 0.25) is 0 Å². The van der Waals surface area contributed by atoms with Gasteiger partial charge in [0.25, 0.3) is 0 Å². The highest BCUT2D eigenvalue weighted by atomic mass is 15.1. The molecule has 0 bridgehead atoms. The summed E-state index contributed by atoms with van der Waals surface area (Å²) in [6, 6.07) is 83.9. The van der Waals surface area contributed by atoms with Crippen molar-refractivity contribution in [3.05, 3.63) is 286 Å². The zero-order valence-corrected chi connectivity index (χ0v) is 35.6. The molecule has 2 atom stereocenters. The lowest BCUT2D eigenvalue weighted by atomic mass is 9.67. The Kier molecular flexibility index (Phi) is 8.63. The Bertz CT molecular complexity index is 3160. The van der Waals surface area contributed by atoms with Crippen LogP contribution in [-0.2, 0) is 10.8 Å². The molecule has 1 heteroatoms. The maximum Gasteiger partial charge on any atom is 0.0714 e. The van der Waals surface area contributed by atoms with E-state index in [0.717, 1.165) is 17.1 Å². The van der Waals surface area contributed by atoms with Gasteiger partial charge in [0.1, 0.15) is 0 Å². The van der Waals surface area contributed by atoms with Crippen LogP contribution in [0.3, 0.4) is 0 Å². The molecule has 0 N–H and O–H groups in total. The monoisotopic (exact) mass is 805 g/mol. The Balaban J connectivity index is 1.05. The van der Waals surface area contributed by atoms with Crippen LogP contribution < -0.4 is 4.90 Å². The van der Waals surface area contributed by atoms with E-state index in [-0.39, 0.29) is 17.3 Å². The average molecular weight is 806 g/mol. The number of hydrogen-bond donors (Lipinski definition) is 0. The highest BCUT2D eigenvalue weighted by molar-refractivity contribution is 5.91. The molecule has 0 saturated carbocycles. The molecule has 3 aliphatic carbocycles. The van der Waals surface area contributed by atoms with Gasteiger partial charge in [-0.15, -0.1) is 0 Å². The van der Waals surface area contributed by atoms with Crippen molar-refractivity contribution < 1.29 is 0 Å². The van der Waals surface area contributed by atoms with Crippen LogP contribution in [0.1, 0.15) is 81.3 Å². The molecule has 0 fully saturated rings. The summed E-state index contributed by atoms with van der Waals surface area (Å²) >= 11 is 0. The molecule has 1 nitrogen and oxygen atoms in total. The fourth-order valence-corrected chi connectivity index (χ4v) is 11.5. The van der Waals surface area contributed by atoms with Crippen LogP contribution in [0.4, 0.5) is 17.1 Å². The summed E-state index contributed by atoms with van der Waals surface area (Å²) in [4.78, 5) is 2.49. The molecule has 300 valence electrons. The van der Waals surface area contributed by atoms with E-state index in [0.29, 0.717) is 0 Å². The first-order valence-corrected chi connectivity index (χ1v) is 22.3. The van der Waals surface area contributed by atoms with Crippen LogP contribution in [0.5, 0.6) is 0 Å². The van der Waals surface area contributed by atoms with E-state index in [2.05, 4.69) is 255 Å². The van der Waals surface area contributed by atoms with Gasteiger partial charge in [-0.3, -0.25) is 0 Å². The minimum absolute atomic E-state index is 0.136. The Labute approximate surface area is 371 Å². The van der Waals surface area contributed by atoms with Gasteiger partial charge in [-0.1, -0.05) is 214 Å². The molecule has 0 aliphatic heterocycles. The fourth-order valence-electron chi connectivity index (χ4n) is 11.5. The van der Waals surface area contributed by atoms with E-state index < -0.39 is 5.41 Å². The summed E-state index contributed by atoms with van der Waals surface area (Å²) in [5, 5.41) is 0. The van der Waals surface area contributed by atoms with E-state index in [1.165, 1.54) is 77.9 Å². The van der Waals surface area contributed by atoms with Gasteiger partial charge < -0.3 is 4.90 Å². The molecule has 2 unspecified atom stereocenters. The topological polar surface area (TPSA) is 3.24 Å². The number of fused-ring (bicyclic) bond motifs is 7. The van der Waals surface area contributed by atoms with Crippen molar-refractivity contribution in [1.29, 1.82) is 0 Å². The van der Waals surface area contributed by atoms with Crippen molar-refractivity contribution in [3.63, 3.8) is 0 Å². The predicted molar refractivity (Wildman–Crippen MR) is 262 cm³/mol. The molecular formula is C62H47N. The molecule has 0 aromatic heterocycles. The molecule has 9 aromatic carbocycles. The van der Waals surface area contributed by atoms with E-state index in [9.17, 15) is 0 Å². The molecule has 9 aromatic rings. The van der Waals surface area contributed by atoms with Crippen molar-refractivity contribution >= 4 is 23.1 Å². The SMILES string of the molecule is CC1(C)c2ccccc2-c2ccc(N(c3ccc(C4C=Cc5ccccc5C4c4ccccc4)cc3)c3ccc4c(c3)C(c3ccccc3)(c3ccccc3)c3ccccc3-4)cc21. The molecule has 12 rings (SSSR count). The van der Waals surface area contributed by atoms with Crippen molar-refractivity contribution in [2.75, 3.05) is 4.90 Å². The van der Waals surface area contributed by atoms with Gasteiger partial charge in [0.2, 0.25) is 0 Å². The first-order valence-electron chi connectivity index (χ1n) is 22.3. The third-order valence-electron chi connectivity index (χ3n) is 14.4. The van der Waals surface area contributed by atoms with Gasteiger partial charge in [0.15, 0.2) is 0 Å². The number of hydrogen-bond acceptors (Lipinski definition) is 1. The zero-order chi connectivity index (χ0) is 42.1. The zero-order valence-electron chi connectivity index (χ0n) is 35.6. The Morgan fingerprint density at radius 2 is 0.873 bits per heavy atom. The average Bonchev–Trinajstić information content (AvgIpc) is 3.77. The van der Waals surface area contributed by atoms with Gasteiger partial charge in [-0.2, -0.15) is 0 Å². The number of rotatable bonds is 7. The lowest BCUT2D eigenvalue weighted by Gasteiger charge is -2.35. The van der Waals surface area contributed by atoms with Crippen LogP contribution in [-0.4, -0.2) is 0 Å². The number of allylic oxidation sites excluding steroid dienone is 1. The van der Waals surface area contributed by atoms with Gasteiger partial charge >= 0.3 is 0 Å². The molecule has 3 aliphatic rings. The third-order valence-corrected chi connectivity index (χ3v) is 14.4. The second-order valence-electron chi connectivity index (χ2n) is 18.0. The van der Waals surface area contributed by atoms with Crippen LogP contribution >= 0.6 is 0 Å². The van der Waals surface area contributed by atoms with Gasteiger partial charge in [0, 0.05) is 34.3 Å². The summed E-state index contributed by atoms with van der Waals surface area (Å²) in [7, 11) is 0. The third kappa shape index (κ3) is 5.69. The van der Waals surface area contributed by atoms with E-state index in [1.807, 2.05) is 0 Å².